The zero-order chi connectivity index (χ0) is 17.4. The highest BCUT2D eigenvalue weighted by molar-refractivity contribution is 6.27. The Balaban J connectivity index is 0.000000379. The number of aromatic nitrogens is 1. The van der Waals surface area contributed by atoms with Crippen LogP contribution in [0.4, 0.5) is 0 Å². The number of likely N-dealkylation sites (N-methyl/N-ethyl adjacent to an activating group) is 1. The maximum atomic E-state index is 12.0. The quantitative estimate of drug-likeness (QED) is 0.645. The minimum absolute atomic E-state index is 0.00690. The maximum absolute atomic E-state index is 12.0. The first kappa shape index (κ1) is 18.4. The summed E-state index contributed by atoms with van der Waals surface area (Å²) in [6.45, 7) is 1.45. The number of hydrogen-bond donors (Lipinski definition) is 3. The summed E-state index contributed by atoms with van der Waals surface area (Å²) in [4.78, 5) is 36.1. The second-order valence-electron chi connectivity index (χ2n) is 4.78. The lowest BCUT2D eigenvalue weighted by molar-refractivity contribution is -0.159. The van der Waals surface area contributed by atoms with Crippen molar-refractivity contribution in [1.82, 2.24) is 15.2 Å². The molecule has 0 radical (unpaired) electrons. The minimum Gasteiger partial charge on any atom is -0.473 e. The second kappa shape index (κ2) is 8.69. The van der Waals surface area contributed by atoms with Crippen molar-refractivity contribution < 1.29 is 29.3 Å². The molecule has 0 saturated heterocycles. The molecule has 2 rings (SSSR count). The molecular weight excluding hydrogens is 306 g/mol. The fourth-order valence-corrected chi connectivity index (χ4v) is 1.89. The molecule has 9 nitrogen and oxygen atoms in total. The minimum atomic E-state index is -1.82. The highest BCUT2D eigenvalue weighted by atomic mass is 16.5. The average Bonchev–Trinajstić information content (AvgIpc) is 2.63. The number of rotatable bonds is 3. The third-order valence-electron chi connectivity index (χ3n) is 3.00. The van der Waals surface area contributed by atoms with Gasteiger partial charge in [-0.05, 0) is 32.1 Å². The van der Waals surface area contributed by atoms with Crippen LogP contribution in [0.15, 0.2) is 18.3 Å². The Labute approximate surface area is 132 Å². The molecule has 1 aliphatic rings. The van der Waals surface area contributed by atoms with E-state index in [4.69, 9.17) is 24.5 Å². The summed E-state index contributed by atoms with van der Waals surface area (Å²) in [7, 11) is 3.69. The zero-order valence-electron chi connectivity index (χ0n) is 12.9. The van der Waals surface area contributed by atoms with Crippen LogP contribution in [0.3, 0.4) is 0 Å². The molecule has 0 aliphatic carbocycles. The van der Waals surface area contributed by atoms with E-state index >= 15 is 0 Å². The van der Waals surface area contributed by atoms with Gasteiger partial charge in [-0.15, -0.1) is 0 Å². The molecule has 126 valence electrons. The molecule has 1 aromatic heterocycles. The lowest BCUT2D eigenvalue weighted by Gasteiger charge is -2.19. The largest absolute Gasteiger partial charge is 0.473 e. The number of amides is 1. The molecule has 2 heterocycles. The predicted molar refractivity (Wildman–Crippen MR) is 79.4 cm³/mol. The standard InChI is InChI=1S/C12H17N3O2.C2H2O4/c1-13-7-5-9-8-15(2)12(16)10-4-3-6-14-11(10)17-9;3-1(4)2(5)6/h3-4,6,9,13H,5,7-8H2,1-2H3;(H,3,4)(H,5,6). The Bertz CT molecular complexity index is 565. The van der Waals surface area contributed by atoms with Gasteiger partial charge in [-0.2, -0.15) is 0 Å². The molecule has 0 saturated carbocycles. The van der Waals surface area contributed by atoms with Crippen molar-refractivity contribution in [2.45, 2.75) is 12.5 Å². The summed E-state index contributed by atoms with van der Waals surface area (Å²) in [5, 5.41) is 17.9. The number of carbonyl (C=O) groups excluding carboxylic acids is 1. The van der Waals surface area contributed by atoms with E-state index in [1.165, 1.54) is 0 Å². The highest BCUT2D eigenvalue weighted by Crippen LogP contribution is 2.22. The first-order valence-electron chi connectivity index (χ1n) is 6.84. The van der Waals surface area contributed by atoms with Gasteiger partial charge >= 0.3 is 11.9 Å². The number of carboxylic acid groups (broad SMARTS) is 2. The normalized spacial score (nSPS) is 16.3. The van der Waals surface area contributed by atoms with Crippen molar-refractivity contribution in [3.63, 3.8) is 0 Å². The van der Waals surface area contributed by atoms with Crippen LogP contribution < -0.4 is 10.1 Å². The van der Waals surface area contributed by atoms with E-state index < -0.39 is 11.9 Å². The Kier molecular flexibility index (Phi) is 6.94. The summed E-state index contributed by atoms with van der Waals surface area (Å²) >= 11 is 0. The number of nitrogens with one attached hydrogen (secondary N) is 1. The summed E-state index contributed by atoms with van der Waals surface area (Å²) in [6.07, 6.45) is 2.49. The topological polar surface area (TPSA) is 129 Å². The summed E-state index contributed by atoms with van der Waals surface area (Å²) < 4.78 is 5.79. The van der Waals surface area contributed by atoms with Gasteiger partial charge in [-0.25, -0.2) is 14.6 Å². The van der Waals surface area contributed by atoms with E-state index in [0.29, 0.717) is 18.0 Å². The molecule has 0 spiro atoms. The van der Waals surface area contributed by atoms with Crippen LogP contribution in [-0.2, 0) is 9.59 Å². The Morgan fingerprint density at radius 3 is 2.65 bits per heavy atom. The third kappa shape index (κ3) is 5.55. The molecule has 1 unspecified atom stereocenters. The van der Waals surface area contributed by atoms with Crippen molar-refractivity contribution in [1.29, 1.82) is 0 Å². The molecule has 3 N–H and O–H groups in total. The first-order chi connectivity index (χ1) is 10.9. The van der Waals surface area contributed by atoms with Gasteiger partial charge in [0.25, 0.3) is 5.91 Å². The van der Waals surface area contributed by atoms with Crippen LogP contribution in [0, 0.1) is 0 Å². The van der Waals surface area contributed by atoms with Gasteiger partial charge in [-0.3, -0.25) is 4.79 Å². The second-order valence-corrected chi connectivity index (χ2v) is 4.78. The number of aliphatic carboxylic acids is 2. The van der Waals surface area contributed by atoms with Gasteiger partial charge < -0.3 is 25.2 Å². The van der Waals surface area contributed by atoms with E-state index in [1.54, 1.807) is 30.3 Å². The van der Waals surface area contributed by atoms with Crippen molar-refractivity contribution in [2.75, 3.05) is 27.2 Å². The van der Waals surface area contributed by atoms with Gasteiger partial charge in [0.05, 0.1) is 6.54 Å². The van der Waals surface area contributed by atoms with Gasteiger partial charge in [0.1, 0.15) is 11.7 Å². The number of fused-ring (bicyclic) bond motifs is 1. The van der Waals surface area contributed by atoms with E-state index in [-0.39, 0.29) is 12.0 Å². The van der Waals surface area contributed by atoms with Gasteiger partial charge in [0.2, 0.25) is 5.88 Å². The molecule has 1 atom stereocenters. The Hall–Kier alpha value is -2.68. The fraction of sp³-hybridized carbons (Fsp3) is 0.429. The maximum Gasteiger partial charge on any atom is 0.414 e. The Morgan fingerprint density at radius 2 is 2.09 bits per heavy atom. The lowest BCUT2D eigenvalue weighted by atomic mass is 10.2. The first-order valence-corrected chi connectivity index (χ1v) is 6.84. The monoisotopic (exact) mass is 325 g/mol. The number of carboxylic acids is 2. The van der Waals surface area contributed by atoms with Crippen LogP contribution in [0.25, 0.3) is 0 Å². The fourth-order valence-electron chi connectivity index (χ4n) is 1.89. The summed E-state index contributed by atoms with van der Waals surface area (Å²) in [5.41, 5.74) is 0.543. The molecule has 0 aromatic carbocycles. The Morgan fingerprint density at radius 1 is 1.43 bits per heavy atom. The summed E-state index contributed by atoms with van der Waals surface area (Å²) in [6, 6.07) is 3.50. The molecule has 1 aromatic rings. The van der Waals surface area contributed by atoms with Crippen LogP contribution in [0.5, 0.6) is 5.88 Å². The van der Waals surface area contributed by atoms with Crippen LogP contribution >= 0.6 is 0 Å². The SMILES string of the molecule is CNCCC1CN(C)C(=O)c2cccnc2O1.O=C(O)C(=O)O. The van der Waals surface area contributed by atoms with Gasteiger partial charge in [0.15, 0.2) is 0 Å². The van der Waals surface area contributed by atoms with E-state index in [0.717, 1.165) is 13.0 Å². The predicted octanol–water partition coefficient (Wildman–Crippen LogP) is -0.320. The van der Waals surface area contributed by atoms with E-state index in [1.807, 2.05) is 7.05 Å². The van der Waals surface area contributed by atoms with Crippen molar-refractivity contribution in [3.8, 4) is 5.88 Å². The third-order valence-corrected chi connectivity index (χ3v) is 3.00. The lowest BCUT2D eigenvalue weighted by Crippen LogP contribution is -2.35. The van der Waals surface area contributed by atoms with Gasteiger partial charge in [-0.1, -0.05) is 0 Å². The molecule has 1 amide bonds. The van der Waals surface area contributed by atoms with Gasteiger partial charge in [0, 0.05) is 13.2 Å². The molecule has 9 heteroatoms. The number of hydrogen-bond acceptors (Lipinski definition) is 6. The van der Waals surface area contributed by atoms with Crippen molar-refractivity contribution >= 4 is 17.8 Å². The average molecular weight is 325 g/mol. The molecule has 0 bridgehead atoms. The van der Waals surface area contributed by atoms with Crippen LogP contribution in [0.2, 0.25) is 0 Å². The van der Waals surface area contributed by atoms with Crippen molar-refractivity contribution in [2.24, 2.45) is 0 Å². The van der Waals surface area contributed by atoms with Crippen LogP contribution in [0.1, 0.15) is 16.8 Å². The van der Waals surface area contributed by atoms with Crippen molar-refractivity contribution in [3.05, 3.63) is 23.9 Å². The zero-order valence-corrected chi connectivity index (χ0v) is 12.9. The number of nitrogens with zero attached hydrogens (tertiary/aromatic N) is 2. The summed E-state index contributed by atoms with van der Waals surface area (Å²) in [5.74, 6) is -3.23. The highest BCUT2D eigenvalue weighted by Gasteiger charge is 2.26. The number of ether oxygens (including phenoxy) is 1. The van der Waals surface area contributed by atoms with E-state index in [2.05, 4.69) is 10.3 Å². The number of pyridine rings is 1. The molecular formula is C14H19N3O6. The molecule has 0 fully saturated rings. The smallest absolute Gasteiger partial charge is 0.414 e. The van der Waals surface area contributed by atoms with Crippen LogP contribution in [-0.4, -0.2) is 71.2 Å². The molecule has 1 aliphatic heterocycles. The molecule has 23 heavy (non-hydrogen) atoms. The van der Waals surface area contributed by atoms with E-state index in [9.17, 15) is 4.79 Å². The number of carbonyl (C=O) groups is 3.